The van der Waals surface area contributed by atoms with Gasteiger partial charge in [-0.2, -0.15) is 5.26 Å². The Morgan fingerprint density at radius 1 is 1.41 bits per heavy atom. The summed E-state index contributed by atoms with van der Waals surface area (Å²) in [5.41, 5.74) is 1.12. The Balaban J connectivity index is 2.11. The van der Waals surface area contributed by atoms with Gasteiger partial charge in [-0.05, 0) is 42.3 Å². The number of nitriles is 1. The monoisotopic (exact) mass is 242 g/mol. The smallest absolute Gasteiger partial charge is 0.0769 e. The highest BCUT2D eigenvalue weighted by Gasteiger charge is 2.50. The van der Waals surface area contributed by atoms with Crippen molar-refractivity contribution in [2.75, 3.05) is 7.05 Å². The number of nitrogens with zero attached hydrogens (tertiary/aromatic N) is 1. The van der Waals surface area contributed by atoms with Gasteiger partial charge < -0.3 is 5.32 Å². The fourth-order valence-electron chi connectivity index (χ4n) is 2.55. The summed E-state index contributed by atoms with van der Waals surface area (Å²) in [6.45, 7) is 0. The number of thiophene rings is 1. The Hall–Kier alpha value is -1.37. The third kappa shape index (κ3) is 1.56. The van der Waals surface area contributed by atoms with Gasteiger partial charge in [0.05, 0.1) is 17.5 Å². The molecule has 1 N–H and O–H groups in total. The molecule has 0 radical (unpaired) electrons. The molecule has 1 saturated carbocycles. The Morgan fingerprint density at radius 2 is 2.18 bits per heavy atom. The van der Waals surface area contributed by atoms with E-state index in [1.807, 2.05) is 7.05 Å². The second-order valence-electron chi connectivity index (χ2n) is 4.68. The van der Waals surface area contributed by atoms with E-state index in [-0.39, 0.29) is 11.5 Å². The van der Waals surface area contributed by atoms with E-state index in [1.54, 1.807) is 11.3 Å². The molecule has 0 amide bonds. The number of rotatable bonds is 3. The summed E-state index contributed by atoms with van der Waals surface area (Å²) in [7, 11) is 1.95. The van der Waals surface area contributed by atoms with E-state index in [4.69, 9.17) is 0 Å². The maximum Gasteiger partial charge on any atom is 0.0769 e. The molecule has 1 unspecified atom stereocenters. The molecule has 86 valence electrons. The zero-order chi connectivity index (χ0) is 11.9. The van der Waals surface area contributed by atoms with Crippen molar-refractivity contribution in [1.82, 2.24) is 5.32 Å². The lowest BCUT2D eigenvalue weighted by molar-refractivity contribution is 0.448. The summed E-state index contributed by atoms with van der Waals surface area (Å²) in [6.07, 6.45) is 2.03. The molecule has 1 aliphatic rings. The van der Waals surface area contributed by atoms with E-state index in [0.29, 0.717) is 0 Å². The molecular weight excluding hydrogens is 228 g/mol. The van der Waals surface area contributed by atoms with Crippen molar-refractivity contribution < 1.29 is 0 Å². The van der Waals surface area contributed by atoms with Crippen molar-refractivity contribution in [1.29, 1.82) is 5.26 Å². The Bertz CT molecular complexity index is 590. The lowest BCUT2D eigenvalue weighted by atomic mass is 9.91. The highest BCUT2D eigenvalue weighted by molar-refractivity contribution is 7.17. The van der Waals surface area contributed by atoms with Crippen LogP contribution in [0.25, 0.3) is 10.1 Å². The minimum absolute atomic E-state index is 0.168. The van der Waals surface area contributed by atoms with E-state index in [1.165, 1.54) is 15.6 Å². The third-order valence-electron chi connectivity index (χ3n) is 3.67. The van der Waals surface area contributed by atoms with Gasteiger partial charge in [0.25, 0.3) is 0 Å². The Kier molecular flexibility index (Phi) is 2.43. The summed E-state index contributed by atoms with van der Waals surface area (Å²) in [6, 6.07) is 11.1. The van der Waals surface area contributed by atoms with E-state index in [0.717, 1.165) is 12.8 Å². The predicted molar refractivity (Wildman–Crippen MR) is 70.9 cm³/mol. The van der Waals surface area contributed by atoms with Crippen LogP contribution in [0.2, 0.25) is 0 Å². The Morgan fingerprint density at radius 3 is 2.82 bits per heavy atom. The van der Waals surface area contributed by atoms with Gasteiger partial charge in [0, 0.05) is 4.70 Å². The van der Waals surface area contributed by atoms with Crippen LogP contribution in [0.15, 0.2) is 29.6 Å². The van der Waals surface area contributed by atoms with Crippen LogP contribution in [0.1, 0.15) is 24.4 Å². The van der Waals surface area contributed by atoms with Gasteiger partial charge >= 0.3 is 0 Å². The number of hydrogen-bond donors (Lipinski definition) is 1. The fourth-order valence-corrected chi connectivity index (χ4v) is 3.54. The summed E-state index contributed by atoms with van der Waals surface area (Å²) in [5.74, 6) is 0. The highest BCUT2D eigenvalue weighted by atomic mass is 32.1. The second kappa shape index (κ2) is 3.83. The first-order valence-electron chi connectivity index (χ1n) is 5.85. The summed E-state index contributed by atoms with van der Waals surface area (Å²) >= 11 is 1.76. The number of fused-ring (bicyclic) bond motifs is 1. The van der Waals surface area contributed by atoms with Crippen LogP contribution in [0, 0.1) is 16.7 Å². The van der Waals surface area contributed by atoms with Crippen LogP contribution in [0.5, 0.6) is 0 Å². The standard InChI is InChI=1S/C14H14N2S/c1-16-13(14(9-15)6-7-14)11-8-17-12-5-3-2-4-10(11)12/h2-5,8,13,16H,6-7H2,1H3. The maximum atomic E-state index is 9.34. The Labute approximate surface area is 105 Å². The molecule has 0 saturated heterocycles. The van der Waals surface area contributed by atoms with Crippen LogP contribution in [-0.4, -0.2) is 7.05 Å². The SMILES string of the molecule is CNC(c1csc2ccccc12)C1(C#N)CC1. The second-order valence-corrected chi connectivity index (χ2v) is 5.59. The molecule has 1 aromatic carbocycles. The van der Waals surface area contributed by atoms with E-state index in [2.05, 4.69) is 41.0 Å². The molecule has 0 spiro atoms. The minimum atomic E-state index is -0.168. The van der Waals surface area contributed by atoms with Gasteiger partial charge in [-0.25, -0.2) is 0 Å². The lowest BCUT2D eigenvalue weighted by Gasteiger charge is -2.20. The molecule has 2 aromatic rings. The molecule has 0 bridgehead atoms. The number of nitrogens with one attached hydrogen (secondary N) is 1. The van der Waals surface area contributed by atoms with Crippen molar-refractivity contribution in [3.8, 4) is 6.07 Å². The van der Waals surface area contributed by atoms with E-state index in [9.17, 15) is 5.26 Å². The van der Waals surface area contributed by atoms with Crippen LogP contribution in [0.3, 0.4) is 0 Å². The number of benzene rings is 1. The van der Waals surface area contributed by atoms with Crippen molar-refractivity contribution in [3.05, 3.63) is 35.2 Å². The topological polar surface area (TPSA) is 35.8 Å². The molecule has 2 nitrogen and oxygen atoms in total. The molecule has 0 aliphatic heterocycles. The molecular formula is C14H14N2S. The first-order chi connectivity index (χ1) is 8.30. The average Bonchev–Trinajstić information content (AvgIpc) is 3.05. The minimum Gasteiger partial charge on any atom is -0.312 e. The van der Waals surface area contributed by atoms with Gasteiger partial charge in [0.2, 0.25) is 0 Å². The molecule has 3 heteroatoms. The average molecular weight is 242 g/mol. The van der Waals surface area contributed by atoms with Gasteiger partial charge in [-0.1, -0.05) is 18.2 Å². The van der Waals surface area contributed by atoms with Crippen LogP contribution in [0.4, 0.5) is 0 Å². The highest BCUT2D eigenvalue weighted by Crippen LogP contribution is 2.55. The van der Waals surface area contributed by atoms with Crippen molar-refractivity contribution in [2.45, 2.75) is 18.9 Å². The quantitative estimate of drug-likeness (QED) is 0.894. The van der Waals surface area contributed by atoms with Crippen molar-refractivity contribution in [2.24, 2.45) is 5.41 Å². The molecule has 1 fully saturated rings. The fraction of sp³-hybridized carbons (Fsp3) is 0.357. The molecule has 3 rings (SSSR count). The normalized spacial score (nSPS) is 18.8. The first-order valence-corrected chi connectivity index (χ1v) is 6.73. The summed E-state index contributed by atoms with van der Waals surface area (Å²) in [5, 5.41) is 16.2. The molecule has 1 aliphatic carbocycles. The van der Waals surface area contributed by atoms with Gasteiger partial charge in [-0.15, -0.1) is 11.3 Å². The zero-order valence-corrected chi connectivity index (χ0v) is 10.6. The van der Waals surface area contributed by atoms with Crippen molar-refractivity contribution in [3.63, 3.8) is 0 Å². The van der Waals surface area contributed by atoms with Crippen LogP contribution >= 0.6 is 11.3 Å². The summed E-state index contributed by atoms with van der Waals surface area (Å²) in [4.78, 5) is 0. The van der Waals surface area contributed by atoms with Gasteiger partial charge in [0.1, 0.15) is 0 Å². The molecule has 17 heavy (non-hydrogen) atoms. The van der Waals surface area contributed by atoms with Crippen LogP contribution < -0.4 is 5.32 Å². The van der Waals surface area contributed by atoms with Crippen molar-refractivity contribution >= 4 is 21.4 Å². The number of hydrogen-bond acceptors (Lipinski definition) is 3. The third-order valence-corrected chi connectivity index (χ3v) is 4.66. The van der Waals surface area contributed by atoms with E-state index < -0.39 is 0 Å². The predicted octanol–water partition coefficient (Wildman–Crippen LogP) is 3.47. The van der Waals surface area contributed by atoms with E-state index >= 15 is 0 Å². The molecule has 1 heterocycles. The molecule has 1 atom stereocenters. The largest absolute Gasteiger partial charge is 0.312 e. The summed E-state index contributed by atoms with van der Waals surface area (Å²) < 4.78 is 1.30. The lowest BCUT2D eigenvalue weighted by Crippen LogP contribution is -2.25. The zero-order valence-electron chi connectivity index (χ0n) is 9.73. The molecule has 1 aromatic heterocycles. The maximum absolute atomic E-state index is 9.34. The van der Waals surface area contributed by atoms with Gasteiger partial charge in [-0.3, -0.25) is 0 Å². The van der Waals surface area contributed by atoms with Gasteiger partial charge in [0.15, 0.2) is 0 Å². The first kappa shape index (κ1) is 10.8. The van der Waals surface area contributed by atoms with Crippen LogP contribution in [-0.2, 0) is 0 Å².